The van der Waals surface area contributed by atoms with E-state index in [0.29, 0.717) is 17.0 Å². The fourth-order valence-electron chi connectivity index (χ4n) is 1.66. The second-order valence-corrected chi connectivity index (χ2v) is 6.06. The van der Waals surface area contributed by atoms with Crippen molar-refractivity contribution in [1.29, 1.82) is 0 Å². The quantitative estimate of drug-likeness (QED) is 0.858. The SMILES string of the molecule is CC(C)(C)CCC(O)Cc1c(F)cccc1Cl. The highest BCUT2D eigenvalue weighted by molar-refractivity contribution is 6.31. The molecule has 0 bridgehead atoms. The van der Waals surface area contributed by atoms with E-state index >= 15 is 0 Å². The lowest BCUT2D eigenvalue weighted by Gasteiger charge is -2.20. The summed E-state index contributed by atoms with van der Waals surface area (Å²) < 4.78 is 13.5. The molecule has 1 atom stereocenters. The predicted molar refractivity (Wildman–Crippen MR) is 69.8 cm³/mol. The molecule has 0 amide bonds. The lowest BCUT2D eigenvalue weighted by molar-refractivity contribution is 0.145. The van der Waals surface area contributed by atoms with Gasteiger partial charge in [-0.25, -0.2) is 4.39 Å². The second kappa shape index (κ2) is 5.83. The first-order valence-corrected chi connectivity index (χ1v) is 6.28. The molecule has 0 saturated heterocycles. The number of halogens is 2. The minimum Gasteiger partial charge on any atom is -0.393 e. The van der Waals surface area contributed by atoms with Crippen molar-refractivity contribution in [1.82, 2.24) is 0 Å². The summed E-state index contributed by atoms with van der Waals surface area (Å²) >= 11 is 5.91. The van der Waals surface area contributed by atoms with Crippen LogP contribution in [0, 0.1) is 11.2 Å². The highest BCUT2D eigenvalue weighted by atomic mass is 35.5. The average Bonchev–Trinajstić information content (AvgIpc) is 2.20. The van der Waals surface area contributed by atoms with Crippen LogP contribution in [0.4, 0.5) is 4.39 Å². The molecule has 1 unspecified atom stereocenters. The normalized spacial score (nSPS) is 13.8. The van der Waals surface area contributed by atoms with E-state index < -0.39 is 6.10 Å². The van der Waals surface area contributed by atoms with Crippen molar-refractivity contribution in [2.24, 2.45) is 5.41 Å². The Morgan fingerprint density at radius 1 is 1.35 bits per heavy atom. The van der Waals surface area contributed by atoms with E-state index in [-0.39, 0.29) is 17.7 Å². The van der Waals surface area contributed by atoms with Crippen molar-refractivity contribution in [3.63, 3.8) is 0 Å². The van der Waals surface area contributed by atoms with Crippen molar-refractivity contribution in [3.8, 4) is 0 Å². The van der Waals surface area contributed by atoms with Gasteiger partial charge in [0.1, 0.15) is 5.82 Å². The van der Waals surface area contributed by atoms with Gasteiger partial charge in [0.15, 0.2) is 0 Å². The van der Waals surface area contributed by atoms with Gasteiger partial charge in [-0.2, -0.15) is 0 Å². The zero-order chi connectivity index (χ0) is 13.1. The summed E-state index contributed by atoms with van der Waals surface area (Å²) in [5, 5.41) is 10.3. The third-order valence-electron chi connectivity index (χ3n) is 2.73. The molecule has 1 aromatic carbocycles. The van der Waals surface area contributed by atoms with E-state index in [1.54, 1.807) is 12.1 Å². The summed E-state index contributed by atoms with van der Waals surface area (Å²) in [6.45, 7) is 6.36. The number of aliphatic hydroxyl groups excluding tert-OH is 1. The largest absolute Gasteiger partial charge is 0.393 e. The van der Waals surface area contributed by atoms with Crippen LogP contribution in [0.15, 0.2) is 18.2 Å². The van der Waals surface area contributed by atoms with Crippen molar-refractivity contribution >= 4 is 11.6 Å². The van der Waals surface area contributed by atoms with Crippen LogP contribution in [0.2, 0.25) is 5.02 Å². The Morgan fingerprint density at radius 3 is 2.53 bits per heavy atom. The fraction of sp³-hybridized carbons (Fsp3) is 0.571. The first kappa shape index (κ1) is 14.5. The number of rotatable bonds is 4. The first-order chi connectivity index (χ1) is 7.79. The second-order valence-electron chi connectivity index (χ2n) is 5.66. The molecule has 1 N–H and O–H groups in total. The first-order valence-electron chi connectivity index (χ1n) is 5.90. The summed E-state index contributed by atoms with van der Waals surface area (Å²) in [6.07, 6.45) is 1.30. The van der Waals surface area contributed by atoms with Gasteiger partial charge in [-0.1, -0.05) is 38.4 Å². The van der Waals surface area contributed by atoms with Gasteiger partial charge in [0, 0.05) is 17.0 Å². The van der Waals surface area contributed by atoms with Gasteiger partial charge in [-0.05, 0) is 30.4 Å². The van der Waals surface area contributed by atoms with E-state index in [9.17, 15) is 9.50 Å². The minimum absolute atomic E-state index is 0.181. The van der Waals surface area contributed by atoms with Gasteiger partial charge < -0.3 is 5.11 Å². The van der Waals surface area contributed by atoms with E-state index in [1.165, 1.54) is 6.07 Å². The Balaban J connectivity index is 2.59. The highest BCUT2D eigenvalue weighted by Gasteiger charge is 2.16. The molecule has 17 heavy (non-hydrogen) atoms. The maximum atomic E-state index is 13.5. The maximum Gasteiger partial charge on any atom is 0.127 e. The van der Waals surface area contributed by atoms with Crippen LogP contribution in [0.3, 0.4) is 0 Å². The number of hydrogen-bond donors (Lipinski definition) is 1. The molecule has 1 nitrogen and oxygen atoms in total. The molecule has 0 fully saturated rings. The van der Waals surface area contributed by atoms with Gasteiger partial charge in [-0.3, -0.25) is 0 Å². The van der Waals surface area contributed by atoms with E-state index in [0.717, 1.165) is 6.42 Å². The van der Waals surface area contributed by atoms with Gasteiger partial charge in [0.2, 0.25) is 0 Å². The number of aliphatic hydroxyl groups is 1. The molecule has 1 rings (SSSR count). The van der Waals surface area contributed by atoms with E-state index in [4.69, 9.17) is 11.6 Å². The smallest absolute Gasteiger partial charge is 0.127 e. The van der Waals surface area contributed by atoms with Crippen LogP contribution in [0.1, 0.15) is 39.2 Å². The summed E-state index contributed by atoms with van der Waals surface area (Å²) in [7, 11) is 0. The predicted octanol–water partition coefficient (Wildman–Crippen LogP) is 4.21. The summed E-state index contributed by atoms with van der Waals surface area (Å²) in [6, 6.07) is 4.59. The standard InChI is InChI=1S/C14H20ClFO/c1-14(2,3)8-7-10(17)9-11-12(15)5-4-6-13(11)16/h4-6,10,17H,7-9H2,1-3H3. The van der Waals surface area contributed by atoms with Crippen LogP contribution in [0.25, 0.3) is 0 Å². The number of benzene rings is 1. The molecule has 0 aliphatic carbocycles. The molecule has 0 heterocycles. The third-order valence-corrected chi connectivity index (χ3v) is 3.08. The van der Waals surface area contributed by atoms with Gasteiger partial charge >= 0.3 is 0 Å². The minimum atomic E-state index is -0.538. The zero-order valence-electron chi connectivity index (χ0n) is 10.6. The molecular formula is C14H20ClFO. The summed E-state index contributed by atoms with van der Waals surface area (Å²) in [5.41, 5.74) is 0.593. The molecule has 96 valence electrons. The van der Waals surface area contributed by atoms with Crippen molar-refractivity contribution in [2.45, 2.75) is 46.1 Å². The average molecular weight is 259 g/mol. The van der Waals surface area contributed by atoms with Crippen molar-refractivity contribution in [2.75, 3.05) is 0 Å². The topological polar surface area (TPSA) is 20.2 Å². The van der Waals surface area contributed by atoms with E-state index in [2.05, 4.69) is 20.8 Å². The van der Waals surface area contributed by atoms with Gasteiger partial charge in [-0.15, -0.1) is 0 Å². The van der Waals surface area contributed by atoms with Crippen LogP contribution >= 0.6 is 11.6 Å². The Hall–Kier alpha value is -0.600. The Kier molecular flexibility index (Phi) is 4.96. The summed E-state index contributed by atoms with van der Waals surface area (Å²) in [4.78, 5) is 0. The lowest BCUT2D eigenvalue weighted by Crippen LogP contribution is -2.16. The Labute approximate surface area is 108 Å². The van der Waals surface area contributed by atoms with Crippen LogP contribution < -0.4 is 0 Å². The zero-order valence-corrected chi connectivity index (χ0v) is 11.4. The Morgan fingerprint density at radius 2 is 2.00 bits per heavy atom. The van der Waals surface area contributed by atoms with Gasteiger partial charge in [0.25, 0.3) is 0 Å². The highest BCUT2D eigenvalue weighted by Crippen LogP contribution is 2.25. The molecule has 0 aliphatic rings. The molecule has 0 aromatic heterocycles. The molecule has 0 radical (unpaired) electrons. The third kappa shape index (κ3) is 5.05. The van der Waals surface area contributed by atoms with Crippen LogP contribution in [-0.4, -0.2) is 11.2 Å². The summed E-state index contributed by atoms with van der Waals surface area (Å²) in [5.74, 6) is -0.340. The lowest BCUT2D eigenvalue weighted by atomic mass is 9.88. The van der Waals surface area contributed by atoms with Gasteiger partial charge in [0.05, 0.1) is 6.10 Å². The van der Waals surface area contributed by atoms with E-state index in [1.807, 2.05) is 0 Å². The van der Waals surface area contributed by atoms with Crippen LogP contribution in [-0.2, 0) is 6.42 Å². The van der Waals surface area contributed by atoms with Crippen molar-refractivity contribution in [3.05, 3.63) is 34.6 Å². The fourth-order valence-corrected chi connectivity index (χ4v) is 1.90. The monoisotopic (exact) mass is 258 g/mol. The Bertz CT molecular complexity index is 351. The molecule has 0 spiro atoms. The molecule has 0 aliphatic heterocycles. The maximum absolute atomic E-state index is 13.5. The van der Waals surface area contributed by atoms with Crippen molar-refractivity contribution < 1.29 is 9.50 Å². The molecular weight excluding hydrogens is 239 g/mol. The molecule has 0 saturated carbocycles. The molecule has 1 aromatic rings. The molecule has 3 heteroatoms. The number of hydrogen-bond acceptors (Lipinski definition) is 1. The van der Waals surface area contributed by atoms with Crippen LogP contribution in [0.5, 0.6) is 0 Å².